The van der Waals surface area contributed by atoms with E-state index in [0.29, 0.717) is 11.4 Å². The van der Waals surface area contributed by atoms with Crippen molar-refractivity contribution in [3.05, 3.63) is 23.4 Å². The monoisotopic (exact) mass is 319 g/mol. The average Bonchev–Trinajstić information content (AvgIpc) is 2.53. The Labute approximate surface area is 136 Å². The number of carbonyl (C=O) groups is 2. The summed E-state index contributed by atoms with van der Waals surface area (Å²) < 4.78 is 0. The van der Waals surface area contributed by atoms with E-state index in [-0.39, 0.29) is 24.3 Å². The van der Waals surface area contributed by atoms with Crippen molar-refractivity contribution >= 4 is 17.6 Å². The number of piperidine rings is 1. The molecule has 2 heterocycles. The third kappa shape index (κ3) is 4.19. The molecule has 7 heteroatoms. The van der Waals surface area contributed by atoms with Crippen molar-refractivity contribution in [2.24, 2.45) is 5.73 Å². The van der Waals surface area contributed by atoms with Gasteiger partial charge >= 0.3 is 0 Å². The van der Waals surface area contributed by atoms with Gasteiger partial charge in [0.25, 0.3) is 5.91 Å². The number of likely N-dealkylation sites (tertiary alicyclic amines) is 1. The molecule has 1 aliphatic rings. The summed E-state index contributed by atoms with van der Waals surface area (Å²) in [4.78, 5) is 31.7. The number of anilines is 1. The lowest BCUT2D eigenvalue weighted by Gasteiger charge is -2.32. The topological polar surface area (TPSA) is 91.6 Å². The molecule has 1 aliphatic heterocycles. The van der Waals surface area contributed by atoms with E-state index in [4.69, 9.17) is 10.7 Å². The van der Waals surface area contributed by atoms with Crippen molar-refractivity contribution in [3.63, 3.8) is 0 Å². The zero-order chi connectivity index (χ0) is 17.0. The second kappa shape index (κ2) is 7.41. The number of hydrogen-bond acceptors (Lipinski definition) is 5. The van der Waals surface area contributed by atoms with Gasteiger partial charge in [-0.15, -0.1) is 0 Å². The molecule has 1 unspecified atom stereocenters. The zero-order valence-corrected chi connectivity index (χ0v) is 14.0. The summed E-state index contributed by atoms with van der Waals surface area (Å²) in [7, 11) is 5.36. The number of rotatable bonds is 5. The van der Waals surface area contributed by atoms with Gasteiger partial charge in [0.15, 0.2) is 0 Å². The first-order valence-electron chi connectivity index (χ1n) is 7.83. The molecule has 0 bridgehead atoms. The summed E-state index contributed by atoms with van der Waals surface area (Å²) in [6.45, 7) is 1.94. The number of hydrogen-bond donors (Lipinski definition) is 2. The van der Waals surface area contributed by atoms with E-state index in [2.05, 4.69) is 10.2 Å². The molecule has 126 valence electrons. The SMILES string of the molecule is CNC(=O)c1ccc(C2CCCN(CC(N)=O)C2)nc1N(C)C. The molecule has 0 aliphatic carbocycles. The number of pyridine rings is 1. The molecule has 0 aromatic carbocycles. The smallest absolute Gasteiger partial charge is 0.254 e. The first-order valence-corrected chi connectivity index (χ1v) is 7.83. The van der Waals surface area contributed by atoms with Gasteiger partial charge in [0.05, 0.1) is 12.1 Å². The minimum Gasteiger partial charge on any atom is -0.369 e. The highest BCUT2D eigenvalue weighted by Gasteiger charge is 2.24. The molecule has 1 aromatic heterocycles. The third-order valence-corrected chi connectivity index (χ3v) is 4.10. The summed E-state index contributed by atoms with van der Waals surface area (Å²) >= 11 is 0. The summed E-state index contributed by atoms with van der Waals surface area (Å²) in [6, 6.07) is 3.74. The molecule has 3 N–H and O–H groups in total. The van der Waals surface area contributed by atoms with Gasteiger partial charge < -0.3 is 16.0 Å². The number of amides is 2. The predicted octanol–water partition coefficient (Wildman–Crippen LogP) is 0.172. The highest BCUT2D eigenvalue weighted by Crippen LogP contribution is 2.28. The molecule has 1 fully saturated rings. The molecule has 0 saturated carbocycles. The van der Waals surface area contributed by atoms with E-state index in [1.807, 2.05) is 31.1 Å². The Morgan fingerprint density at radius 3 is 2.78 bits per heavy atom. The van der Waals surface area contributed by atoms with Gasteiger partial charge in [-0.3, -0.25) is 14.5 Å². The molecule has 2 amide bonds. The van der Waals surface area contributed by atoms with Crippen molar-refractivity contribution in [2.45, 2.75) is 18.8 Å². The molecule has 0 spiro atoms. The van der Waals surface area contributed by atoms with Gasteiger partial charge in [0, 0.05) is 39.3 Å². The van der Waals surface area contributed by atoms with E-state index in [1.54, 1.807) is 7.05 Å². The molecule has 23 heavy (non-hydrogen) atoms. The van der Waals surface area contributed by atoms with Crippen molar-refractivity contribution < 1.29 is 9.59 Å². The van der Waals surface area contributed by atoms with Crippen LogP contribution in [0.25, 0.3) is 0 Å². The van der Waals surface area contributed by atoms with Crippen molar-refractivity contribution in [1.82, 2.24) is 15.2 Å². The van der Waals surface area contributed by atoms with Gasteiger partial charge in [-0.25, -0.2) is 4.98 Å². The number of nitrogens with two attached hydrogens (primary N) is 1. The molecule has 1 aromatic rings. The van der Waals surface area contributed by atoms with Gasteiger partial charge in [0.1, 0.15) is 5.82 Å². The lowest BCUT2D eigenvalue weighted by Crippen LogP contribution is -2.40. The summed E-state index contributed by atoms with van der Waals surface area (Å²) in [5.74, 6) is 0.462. The highest BCUT2D eigenvalue weighted by atomic mass is 16.2. The number of aromatic nitrogens is 1. The number of nitrogens with one attached hydrogen (secondary N) is 1. The van der Waals surface area contributed by atoms with Gasteiger partial charge in [-0.2, -0.15) is 0 Å². The standard InChI is InChI=1S/C16H25N5O2/c1-18-16(23)12-6-7-13(19-15(12)20(2)3)11-5-4-8-21(9-11)10-14(17)22/h6-7,11H,4-5,8-10H2,1-3H3,(H2,17,22)(H,18,23). The Morgan fingerprint density at radius 1 is 1.43 bits per heavy atom. The van der Waals surface area contributed by atoms with Crippen LogP contribution in [0.4, 0.5) is 5.82 Å². The third-order valence-electron chi connectivity index (χ3n) is 4.10. The molecular weight excluding hydrogens is 294 g/mol. The van der Waals surface area contributed by atoms with Crippen molar-refractivity contribution in [3.8, 4) is 0 Å². The first-order chi connectivity index (χ1) is 10.9. The maximum atomic E-state index is 12.0. The van der Waals surface area contributed by atoms with Crippen LogP contribution < -0.4 is 16.0 Å². The van der Waals surface area contributed by atoms with Crippen LogP contribution in [0.2, 0.25) is 0 Å². The fraction of sp³-hybridized carbons (Fsp3) is 0.562. The normalized spacial score (nSPS) is 18.5. The zero-order valence-electron chi connectivity index (χ0n) is 14.0. The van der Waals surface area contributed by atoms with E-state index < -0.39 is 0 Å². The molecular formula is C16H25N5O2. The van der Waals surface area contributed by atoms with Crippen molar-refractivity contribution in [2.75, 3.05) is 45.7 Å². The molecule has 1 saturated heterocycles. The van der Waals surface area contributed by atoms with E-state index in [1.165, 1.54) is 0 Å². The summed E-state index contributed by atoms with van der Waals surface area (Å²) in [5.41, 5.74) is 6.81. The Morgan fingerprint density at radius 2 is 2.17 bits per heavy atom. The lowest BCUT2D eigenvalue weighted by molar-refractivity contribution is -0.119. The van der Waals surface area contributed by atoms with Gasteiger partial charge in [0.2, 0.25) is 5.91 Å². The average molecular weight is 319 g/mol. The second-order valence-corrected chi connectivity index (χ2v) is 6.12. The molecule has 0 radical (unpaired) electrons. The van der Waals surface area contributed by atoms with Crippen LogP contribution >= 0.6 is 0 Å². The number of primary amides is 1. The highest BCUT2D eigenvalue weighted by molar-refractivity contribution is 5.98. The van der Waals surface area contributed by atoms with E-state index in [0.717, 1.165) is 31.6 Å². The van der Waals surface area contributed by atoms with Crippen LogP contribution in [0.15, 0.2) is 12.1 Å². The first kappa shape index (κ1) is 17.2. The quantitative estimate of drug-likeness (QED) is 0.807. The van der Waals surface area contributed by atoms with Crippen LogP contribution in [0, 0.1) is 0 Å². The number of carbonyl (C=O) groups excluding carboxylic acids is 2. The Bertz CT molecular complexity index is 588. The largest absolute Gasteiger partial charge is 0.369 e. The minimum atomic E-state index is -0.303. The summed E-state index contributed by atoms with van der Waals surface area (Å²) in [6.07, 6.45) is 2.03. The second-order valence-electron chi connectivity index (χ2n) is 6.12. The fourth-order valence-electron chi connectivity index (χ4n) is 3.00. The van der Waals surface area contributed by atoms with Gasteiger partial charge in [-0.1, -0.05) is 0 Å². The minimum absolute atomic E-state index is 0.147. The van der Waals surface area contributed by atoms with Crippen LogP contribution in [0.3, 0.4) is 0 Å². The Balaban J connectivity index is 2.24. The Kier molecular flexibility index (Phi) is 5.54. The molecule has 1 atom stereocenters. The van der Waals surface area contributed by atoms with E-state index >= 15 is 0 Å². The maximum absolute atomic E-state index is 12.0. The van der Waals surface area contributed by atoms with Crippen LogP contribution in [0.5, 0.6) is 0 Å². The lowest BCUT2D eigenvalue weighted by atomic mass is 9.93. The van der Waals surface area contributed by atoms with Crippen molar-refractivity contribution in [1.29, 1.82) is 0 Å². The number of nitrogens with zero attached hydrogens (tertiary/aromatic N) is 3. The Hall–Kier alpha value is -2.15. The molecule has 7 nitrogen and oxygen atoms in total. The summed E-state index contributed by atoms with van der Waals surface area (Å²) in [5, 5.41) is 2.64. The van der Waals surface area contributed by atoms with Gasteiger partial charge in [-0.05, 0) is 31.5 Å². The van der Waals surface area contributed by atoms with Crippen LogP contribution in [0.1, 0.15) is 34.8 Å². The molecule has 2 rings (SSSR count). The predicted molar refractivity (Wildman–Crippen MR) is 89.6 cm³/mol. The maximum Gasteiger partial charge on any atom is 0.254 e. The van der Waals surface area contributed by atoms with E-state index in [9.17, 15) is 9.59 Å². The van der Waals surface area contributed by atoms with Crippen LogP contribution in [-0.2, 0) is 4.79 Å². The van der Waals surface area contributed by atoms with Crippen LogP contribution in [-0.4, -0.2) is 62.5 Å². The fourth-order valence-corrected chi connectivity index (χ4v) is 3.00.